The van der Waals surface area contributed by atoms with Crippen LogP contribution in [-0.4, -0.2) is 32.3 Å². The molecule has 2 rings (SSSR count). The van der Waals surface area contributed by atoms with Crippen LogP contribution in [0.15, 0.2) is 29.3 Å². The number of aliphatic imine (C=N–C) groups is 1. The molecule has 0 aromatic heterocycles. The zero-order chi connectivity index (χ0) is 16.7. The highest BCUT2D eigenvalue weighted by atomic mass is 127. The molecule has 6 heteroatoms. The number of anilines is 1. The quantitative estimate of drug-likeness (QED) is 0.359. The second-order valence-electron chi connectivity index (χ2n) is 6.61. The molecule has 0 bridgehead atoms. The van der Waals surface area contributed by atoms with E-state index >= 15 is 0 Å². The fourth-order valence-electron chi connectivity index (χ4n) is 2.81. The van der Waals surface area contributed by atoms with E-state index in [-0.39, 0.29) is 35.5 Å². The maximum absolute atomic E-state index is 6.02. The molecular formula is C18H30IN3O2. The molecule has 0 amide bonds. The van der Waals surface area contributed by atoms with E-state index < -0.39 is 0 Å². The number of rotatable bonds is 8. The number of ether oxygens (including phenoxy) is 2. The Balaban J connectivity index is 0.00000288. The van der Waals surface area contributed by atoms with Crippen molar-refractivity contribution in [1.29, 1.82) is 0 Å². The van der Waals surface area contributed by atoms with Crippen molar-refractivity contribution < 1.29 is 9.47 Å². The first-order valence-corrected chi connectivity index (χ1v) is 8.36. The Morgan fingerprint density at radius 2 is 1.96 bits per heavy atom. The van der Waals surface area contributed by atoms with Crippen molar-refractivity contribution in [3.63, 3.8) is 0 Å². The number of methoxy groups -OCH3 is 1. The lowest BCUT2D eigenvalue weighted by molar-refractivity contribution is 0.0780. The molecule has 5 nitrogen and oxygen atoms in total. The maximum atomic E-state index is 6.02. The first kappa shape index (κ1) is 21.0. The Labute approximate surface area is 162 Å². The normalized spacial score (nSPS) is 16.2. The average molecular weight is 447 g/mol. The van der Waals surface area contributed by atoms with Crippen molar-refractivity contribution >= 4 is 35.6 Å². The van der Waals surface area contributed by atoms with E-state index in [0.29, 0.717) is 5.96 Å². The second-order valence-corrected chi connectivity index (χ2v) is 6.61. The summed E-state index contributed by atoms with van der Waals surface area (Å²) < 4.78 is 10.8. The van der Waals surface area contributed by atoms with Gasteiger partial charge in [0.15, 0.2) is 5.96 Å². The summed E-state index contributed by atoms with van der Waals surface area (Å²) in [6.07, 6.45) is 4.94. The molecule has 1 aliphatic rings. The van der Waals surface area contributed by atoms with Crippen molar-refractivity contribution in [2.24, 2.45) is 16.1 Å². The van der Waals surface area contributed by atoms with Crippen LogP contribution < -0.4 is 15.8 Å². The first-order chi connectivity index (χ1) is 11.0. The second kappa shape index (κ2) is 10.1. The molecule has 3 N–H and O–H groups in total. The molecule has 0 heterocycles. The number of benzene rings is 1. The number of guanidine groups is 1. The van der Waals surface area contributed by atoms with Gasteiger partial charge in [0.1, 0.15) is 5.75 Å². The fraction of sp³-hybridized carbons (Fsp3) is 0.611. The van der Waals surface area contributed by atoms with Crippen molar-refractivity contribution in [1.82, 2.24) is 0 Å². The molecule has 1 saturated carbocycles. The Morgan fingerprint density at radius 1 is 1.29 bits per heavy atom. The molecule has 1 aromatic rings. The zero-order valence-electron chi connectivity index (χ0n) is 14.9. The van der Waals surface area contributed by atoms with Gasteiger partial charge in [-0.05, 0) is 62.8 Å². The van der Waals surface area contributed by atoms with Gasteiger partial charge in [-0.2, -0.15) is 0 Å². The predicted octanol–water partition coefficient (Wildman–Crippen LogP) is 4.03. The molecule has 0 aliphatic heterocycles. The monoisotopic (exact) mass is 447 g/mol. The summed E-state index contributed by atoms with van der Waals surface area (Å²) in [5, 5.41) is 3.14. The smallest absolute Gasteiger partial charge is 0.193 e. The van der Waals surface area contributed by atoms with Crippen molar-refractivity contribution in [3.8, 4) is 5.75 Å². The minimum absolute atomic E-state index is 0. The number of nitrogens with zero attached hydrogens (tertiary/aromatic N) is 1. The van der Waals surface area contributed by atoms with Gasteiger partial charge in [0.05, 0.1) is 6.10 Å². The van der Waals surface area contributed by atoms with Crippen LogP contribution in [0, 0.1) is 5.41 Å². The van der Waals surface area contributed by atoms with Gasteiger partial charge in [-0.25, -0.2) is 0 Å². The van der Waals surface area contributed by atoms with E-state index in [1.54, 1.807) is 7.11 Å². The highest BCUT2D eigenvalue weighted by Crippen LogP contribution is 2.44. The summed E-state index contributed by atoms with van der Waals surface area (Å²) in [6.45, 7) is 5.58. The third-order valence-corrected chi connectivity index (χ3v) is 4.33. The van der Waals surface area contributed by atoms with E-state index in [0.717, 1.165) is 31.0 Å². The summed E-state index contributed by atoms with van der Waals surface area (Å²) in [7, 11) is 1.75. The first-order valence-electron chi connectivity index (χ1n) is 8.36. The topological polar surface area (TPSA) is 68.9 Å². The van der Waals surface area contributed by atoms with Gasteiger partial charge in [0.2, 0.25) is 0 Å². The van der Waals surface area contributed by atoms with Gasteiger partial charge in [-0.1, -0.05) is 6.42 Å². The van der Waals surface area contributed by atoms with Gasteiger partial charge >= 0.3 is 0 Å². The Bertz CT molecular complexity index is 514. The largest absolute Gasteiger partial charge is 0.491 e. The molecule has 1 fully saturated rings. The predicted molar refractivity (Wildman–Crippen MR) is 111 cm³/mol. The van der Waals surface area contributed by atoms with Crippen LogP contribution in [-0.2, 0) is 4.74 Å². The molecule has 136 valence electrons. The molecule has 0 atom stereocenters. The number of nitrogens with two attached hydrogens (primary N) is 1. The summed E-state index contributed by atoms with van der Waals surface area (Å²) in [5.41, 5.74) is 7.22. The van der Waals surface area contributed by atoms with Crippen molar-refractivity contribution in [2.45, 2.75) is 45.6 Å². The SMILES string of the molecule is COCCC1(CN=C(N)Nc2ccc(OC(C)C)cc2)CCC1.I. The van der Waals surface area contributed by atoms with E-state index in [1.165, 1.54) is 19.3 Å². The van der Waals surface area contributed by atoms with E-state index in [2.05, 4.69) is 10.3 Å². The third kappa shape index (κ3) is 6.47. The summed E-state index contributed by atoms with van der Waals surface area (Å²) in [6, 6.07) is 7.76. The fourth-order valence-corrected chi connectivity index (χ4v) is 2.81. The summed E-state index contributed by atoms with van der Waals surface area (Å²) in [5.74, 6) is 1.32. The zero-order valence-corrected chi connectivity index (χ0v) is 17.2. The van der Waals surface area contributed by atoms with Gasteiger partial charge in [0, 0.05) is 25.9 Å². The van der Waals surface area contributed by atoms with E-state index in [1.807, 2.05) is 38.1 Å². The Kier molecular flexibility index (Phi) is 8.83. The lowest BCUT2D eigenvalue weighted by Crippen LogP contribution is -2.35. The van der Waals surface area contributed by atoms with E-state index in [4.69, 9.17) is 15.2 Å². The molecule has 0 radical (unpaired) electrons. The van der Waals surface area contributed by atoms with Crippen LogP contribution in [0.5, 0.6) is 5.75 Å². The van der Waals surface area contributed by atoms with Crippen LogP contribution in [0.3, 0.4) is 0 Å². The van der Waals surface area contributed by atoms with E-state index in [9.17, 15) is 0 Å². The Morgan fingerprint density at radius 3 is 2.46 bits per heavy atom. The highest BCUT2D eigenvalue weighted by molar-refractivity contribution is 14.0. The number of hydrogen-bond acceptors (Lipinski definition) is 3. The maximum Gasteiger partial charge on any atom is 0.193 e. The van der Waals surface area contributed by atoms with Gasteiger partial charge < -0.3 is 20.5 Å². The summed E-state index contributed by atoms with van der Waals surface area (Å²) in [4.78, 5) is 4.53. The number of nitrogens with one attached hydrogen (secondary N) is 1. The molecule has 1 aliphatic carbocycles. The van der Waals surface area contributed by atoms with Crippen LogP contribution in [0.2, 0.25) is 0 Å². The minimum atomic E-state index is 0. The van der Waals surface area contributed by atoms with Crippen LogP contribution in [0.4, 0.5) is 5.69 Å². The van der Waals surface area contributed by atoms with Crippen LogP contribution >= 0.6 is 24.0 Å². The number of halogens is 1. The van der Waals surface area contributed by atoms with Crippen molar-refractivity contribution in [2.75, 3.05) is 25.6 Å². The number of hydrogen-bond donors (Lipinski definition) is 2. The van der Waals surface area contributed by atoms with Gasteiger partial charge in [-0.15, -0.1) is 24.0 Å². The standard InChI is InChI=1S/C18H29N3O2.HI/c1-14(2)23-16-7-5-15(6-8-16)21-17(19)20-13-18(9-4-10-18)11-12-22-3;/h5-8,14H,4,9-13H2,1-3H3,(H3,19,20,21);1H. The molecular weight excluding hydrogens is 417 g/mol. The van der Waals surface area contributed by atoms with Gasteiger partial charge in [-0.3, -0.25) is 4.99 Å². The molecule has 24 heavy (non-hydrogen) atoms. The molecule has 1 aromatic carbocycles. The lowest BCUT2D eigenvalue weighted by Gasteiger charge is -2.40. The average Bonchev–Trinajstić information content (AvgIpc) is 2.47. The summed E-state index contributed by atoms with van der Waals surface area (Å²) >= 11 is 0. The lowest BCUT2D eigenvalue weighted by atomic mass is 9.67. The molecule has 0 saturated heterocycles. The van der Waals surface area contributed by atoms with Crippen LogP contribution in [0.25, 0.3) is 0 Å². The molecule has 0 spiro atoms. The highest BCUT2D eigenvalue weighted by Gasteiger charge is 2.36. The third-order valence-electron chi connectivity index (χ3n) is 4.33. The van der Waals surface area contributed by atoms with Gasteiger partial charge in [0.25, 0.3) is 0 Å². The minimum Gasteiger partial charge on any atom is -0.491 e. The van der Waals surface area contributed by atoms with Crippen LogP contribution in [0.1, 0.15) is 39.5 Å². The Hall–Kier alpha value is -1.02. The van der Waals surface area contributed by atoms with Crippen molar-refractivity contribution in [3.05, 3.63) is 24.3 Å². The molecule has 0 unspecified atom stereocenters.